The summed E-state index contributed by atoms with van der Waals surface area (Å²) in [5.74, 6) is -2.19. The minimum absolute atomic E-state index is 0. The maximum atomic E-state index is 9.64. The number of rotatable bonds is 5. The second-order valence-corrected chi connectivity index (χ2v) is 3.80. The van der Waals surface area contributed by atoms with E-state index in [4.69, 9.17) is 20.4 Å². The van der Waals surface area contributed by atoms with Gasteiger partial charge >= 0.3 is 11.9 Å². The molecule has 0 atom stereocenters. The summed E-state index contributed by atoms with van der Waals surface area (Å²) >= 11 is 0. The van der Waals surface area contributed by atoms with E-state index < -0.39 is 11.9 Å². The van der Waals surface area contributed by atoms with Gasteiger partial charge in [-0.1, -0.05) is 0 Å². The molecule has 0 aliphatic heterocycles. The van der Waals surface area contributed by atoms with Crippen LogP contribution < -0.4 is 0 Å². The van der Waals surface area contributed by atoms with Crippen molar-refractivity contribution in [3.05, 3.63) is 23.0 Å². The summed E-state index contributed by atoms with van der Waals surface area (Å²) in [5, 5.41) is 42.8. The van der Waals surface area contributed by atoms with Crippen LogP contribution in [0, 0.1) is 6.92 Å². The van der Waals surface area contributed by atoms with E-state index in [1.165, 1.54) is 6.20 Å². The van der Waals surface area contributed by atoms with E-state index in [1.807, 2.05) is 0 Å². The highest BCUT2D eigenvalue weighted by atomic mass is 35.5. The zero-order chi connectivity index (χ0) is 15.7. The normalized spacial score (nSPS) is 9.10. The summed E-state index contributed by atoms with van der Waals surface area (Å²) in [4.78, 5) is 23.1. The second kappa shape index (κ2) is 10.8. The molecule has 5 N–H and O–H groups in total. The summed E-state index contributed by atoms with van der Waals surface area (Å²) < 4.78 is 0. The first-order chi connectivity index (χ1) is 9.33. The molecule has 1 heterocycles. The van der Waals surface area contributed by atoms with Crippen LogP contribution in [0.4, 0.5) is 0 Å². The number of pyridine rings is 1. The lowest BCUT2D eigenvalue weighted by Gasteiger charge is -2.07. The lowest BCUT2D eigenvalue weighted by atomic mass is 10.1. The molecule has 0 bridgehead atoms. The van der Waals surface area contributed by atoms with Gasteiger partial charge in [0.1, 0.15) is 5.75 Å². The maximum Gasteiger partial charge on any atom is 0.303 e. The molecule has 0 radical (unpaired) electrons. The number of carboxylic acids is 2. The number of aromatic hydroxyl groups is 1. The number of carbonyl (C=O) groups is 2. The number of hydrogen-bond donors (Lipinski definition) is 5. The first-order valence-corrected chi connectivity index (χ1v) is 5.65. The van der Waals surface area contributed by atoms with E-state index in [0.29, 0.717) is 16.8 Å². The molecule has 0 unspecified atom stereocenters. The molecule has 9 heteroatoms. The molecule has 8 nitrogen and oxygen atoms in total. The Balaban J connectivity index is 0. The molecular weight excluding hydrogens is 306 g/mol. The molecule has 0 saturated heterocycles. The highest BCUT2D eigenvalue weighted by Crippen LogP contribution is 2.23. The van der Waals surface area contributed by atoms with Crippen molar-refractivity contribution < 1.29 is 35.1 Å². The van der Waals surface area contributed by atoms with Gasteiger partial charge in [-0.15, -0.1) is 12.4 Å². The number of nitrogens with zero attached hydrogens (tertiary/aromatic N) is 1. The molecule has 120 valence electrons. The monoisotopic (exact) mass is 323 g/mol. The first-order valence-electron chi connectivity index (χ1n) is 5.65. The van der Waals surface area contributed by atoms with E-state index in [2.05, 4.69) is 4.98 Å². The predicted octanol–water partition coefficient (Wildman–Crippen LogP) is 0.438. The Morgan fingerprint density at radius 1 is 1.10 bits per heavy atom. The van der Waals surface area contributed by atoms with Crippen LogP contribution in [0.25, 0.3) is 0 Å². The summed E-state index contributed by atoms with van der Waals surface area (Å²) in [6.07, 6.45) is 0.852. The zero-order valence-corrected chi connectivity index (χ0v) is 12.1. The largest absolute Gasteiger partial charge is 0.506 e. The van der Waals surface area contributed by atoms with Crippen LogP contribution in [-0.2, 0) is 22.8 Å². The third kappa shape index (κ3) is 8.08. The van der Waals surface area contributed by atoms with Gasteiger partial charge in [-0.05, 0) is 6.92 Å². The van der Waals surface area contributed by atoms with Crippen LogP contribution in [0.5, 0.6) is 5.75 Å². The van der Waals surface area contributed by atoms with E-state index in [9.17, 15) is 14.7 Å². The maximum absolute atomic E-state index is 9.64. The van der Waals surface area contributed by atoms with Gasteiger partial charge in [0.2, 0.25) is 0 Å². The number of aliphatic hydroxyl groups excluding tert-OH is 2. The molecule has 0 aliphatic rings. The van der Waals surface area contributed by atoms with Gasteiger partial charge in [-0.2, -0.15) is 0 Å². The van der Waals surface area contributed by atoms with Crippen LogP contribution in [0.2, 0.25) is 0 Å². The molecule has 0 amide bonds. The third-order valence-electron chi connectivity index (χ3n) is 2.31. The quantitative estimate of drug-likeness (QED) is 0.524. The lowest BCUT2D eigenvalue weighted by molar-refractivity contribution is -0.143. The summed E-state index contributed by atoms with van der Waals surface area (Å²) in [6.45, 7) is 1.12. The van der Waals surface area contributed by atoms with Gasteiger partial charge in [0.15, 0.2) is 0 Å². The summed E-state index contributed by atoms with van der Waals surface area (Å²) in [6, 6.07) is 0. The number of halogens is 1. The van der Waals surface area contributed by atoms with Gasteiger partial charge < -0.3 is 25.5 Å². The number of carboxylic acid groups (broad SMARTS) is 2. The van der Waals surface area contributed by atoms with Crippen molar-refractivity contribution in [1.29, 1.82) is 0 Å². The highest BCUT2D eigenvalue weighted by molar-refractivity contribution is 5.85. The van der Waals surface area contributed by atoms with Gasteiger partial charge in [0.05, 0.1) is 31.7 Å². The molecule has 0 fully saturated rings. The van der Waals surface area contributed by atoms with Crippen molar-refractivity contribution in [1.82, 2.24) is 4.98 Å². The minimum Gasteiger partial charge on any atom is -0.506 e. The van der Waals surface area contributed by atoms with E-state index in [-0.39, 0.29) is 44.2 Å². The molecular formula is C12H18ClNO7. The van der Waals surface area contributed by atoms with Crippen LogP contribution in [0.15, 0.2) is 6.20 Å². The molecule has 0 spiro atoms. The van der Waals surface area contributed by atoms with Crippen molar-refractivity contribution in [2.24, 2.45) is 0 Å². The SMILES string of the molecule is Cc1ncc(CO)c(CO)c1O.Cl.O=C(O)CCC(=O)O. The van der Waals surface area contributed by atoms with Gasteiger partial charge in [0, 0.05) is 17.3 Å². The number of aryl methyl sites for hydroxylation is 1. The Kier molecular flexibility index (Phi) is 11.0. The van der Waals surface area contributed by atoms with Crippen molar-refractivity contribution >= 4 is 24.3 Å². The summed E-state index contributed by atoms with van der Waals surface area (Å²) in [7, 11) is 0. The van der Waals surface area contributed by atoms with Crippen molar-refractivity contribution in [2.75, 3.05) is 0 Å². The average Bonchev–Trinajstić information content (AvgIpc) is 2.40. The Labute approximate surface area is 127 Å². The molecule has 0 aliphatic carbocycles. The number of aliphatic carboxylic acids is 2. The first kappa shape index (κ1) is 21.4. The fourth-order valence-electron chi connectivity index (χ4n) is 1.21. The van der Waals surface area contributed by atoms with Crippen molar-refractivity contribution in [3.63, 3.8) is 0 Å². The van der Waals surface area contributed by atoms with Gasteiger partial charge in [0.25, 0.3) is 0 Å². The van der Waals surface area contributed by atoms with Crippen molar-refractivity contribution in [2.45, 2.75) is 33.0 Å². The molecule has 1 rings (SSSR count). The van der Waals surface area contributed by atoms with Crippen LogP contribution in [0.1, 0.15) is 29.7 Å². The number of aromatic nitrogens is 1. The molecule has 1 aromatic rings. The zero-order valence-electron chi connectivity index (χ0n) is 11.3. The topological polar surface area (TPSA) is 148 Å². The highest BCUT2D eigenvalue weighted by Gasteiger charge is 2.09. The summed E-state index contributed by atoms with van der Waals surface area (Å²) in [5.41, 5.74) is 1.27. The number of hydrogen-bond acceptors (Lipinski definition) is 6. The third-order valence-corrected chi connectivity index (χ3v) is 2.31. The fraction of sp³-hybridized carbons (Fsp3) is 0.417. The van der Waals surface area contributed by atoms with Gasteiger partial charge in [-0.25, -0.2) is 0 Å². The van der Waals surface area contributed by atoms with Crippen LogP contribution in [-0.4, -0.2) is 42.5 Å². The molecule has 21 heavy (non-hydrogen) atoms. The Hall–Kier alpha value is -1.90. The van der Waals surface area contributed by atoms with E-state index >= 15 is 0 Å². The number of aliphatic hydroxyl groups is 2. The lowest BCUT2D eigenvalue weighted by Crippen LogP contribution is -2.00. The predicted molar refractivity (Wildman–Crippen MR) is 74.2 cm³/mol. The van der Waals surface area contributed by atoms with Crippen LogP contribution in [0.3, 0.4) is 0 Å². The van der Waals surface area contributed by atoms with E-state index in [1.54, 1.807) is 6.92 Å². The van der Waals surface area contributed by atoms with Crippen molar-refractivity contribution in [3.8, 4) is 5.75 Å². The Morgan fingerprint density at radius 2 is 1.57 bits per heavy atom. The standard InChI is InChI=1S/C8H11NO3.C4H6O4.ClH/c1-5-8(12)7(4-11)6(3-10)2-9-5;5-3(6)1-2-4(7)8;/h2,10-12H,3-4H2,1H3;1-2H2,(H,5,6)(H,7,8);1H. The average molecular weight is 324 g/mol. The van der Waals surface area contributed by atoms with Crippen LogP contribution >= 0.6 is 12.4 Å². The van der Waals surface area contributed by atoms with Gasteiger partial charge in [-0.3, -0.25) is 14.6 Å². The minimum atomic E-state index is -1.08. The Morgan fingerprint density at radius 3 is 1.90 bits per heavy atom. The molecule has 0 saturated carbocycles. The fourth-order valence-corrected chi connectivity index (χ4v) is 1.21. The molecule has 0 aromatic carbocycles. The smallest absolute Gasteiger partial charge is 0.303 e. The van der Waals surface area contributed by atoms with E-state index in [0.717, 1.165) is 0 Å². The Bertz CT molecular complexity index is 465. The second-order valence-electron chi connectivity index (χ2n) is 3.80. The molecule has 1 aromatic heterocycles.